The highest BCUT2D eigenvalue weighted by atomic mass is 35.5. The Morgan fingerprint density at radius 1 is 1.16 bits per heavy atom. The number of anilines is 1. The van der Waals surface area contributed by atoms with E-state index >= 15 is 8.78 Å². The molecule has 10 heteroatoms. The Kier molecular flexibility index (Phi) is 7.27. The number of rotatable bonds is 9. The van der Waals surface area contributed by atoms with Gasteiger partial charge in [0.1, 0.15) is 34.7 Å². The highest BCUT2D eigenvalue weighted by Crippen LogP contribution is 2.39. The maximum absolute atomic E-state index is 15.1. The fraction of sp³-hybridized carbons (Fsp3) is 0.476. The Morgan fingerprint density at radius 2 is 1.84 bits per heavy atom. The molecule has 3 rings (SSSR count). The van der Waals surface area contributed by atoms with E-state index in [1.807, 2.05) is 39.8 Å². The summed E-state index contributed by atoms with van der Waals surface area (Å²) in [4.78, 5) is 10.2. The van der Waals surface area contributed by atoms with Gasteiger partial charge in [-0.15, -0.1) is 0 Å². The third-order valence-electron chi connectivity index (χ3n) is 5.03. The first kappa shape index (κ1) is 23.1. The summed E-state index contributed by atoms with van der Waals surface area (Å²) in [6, 6.07) is 2.28. The molecule has 0 radical (unpaired) electrons. The molecule has 7 nitrogen and oxygen atoms in total. The van der Waals surface area contributed by atoms with Gasteiger partial charge in [0, 0.05) is 24.7 Å². The van der Waals surface area contributed by atoms with Crippen LogP contribution in [0.2, 0.25) is 5.15 Å². The van der Waals surface area contributed by atoms with Gasteiger partial charge in [-0.1, -0.05) is 25.4 Å². The molecule has 0 aliphatic heterocycles. The van der Waals surface area contributed by atoms with Gasteiger partial charge in [-0.3, -0.25) is 0 Å². The van der Waals surface area contributed by atoms with Crippen LogP contribution in [0.5, 0.6) is 5.75 Å². The summed E-state index contributed by atoms with van der Waals surface area (Å²) in [5, 5.41) is 7.34. The molecule has 1 N–H and O–H groups in total. The van der Waals surface area contributed by atoms with Crippen LogP contribution in [0.15, 0.2) is 18.5 Å². The molecule has 3 aromatic rings. The van der Waals surface area contributed by atoms with E-state index in [-0.39, 0.29) is 39.8 Å². The zero-order valence-corrected chi connectivity index (χ0v) is 19.0. The van der Waals surface area contributed by atoms with Gasteiger partial charge in [-0.25, -0.2) is 8.78 Å². The quantitative estimate of drug-likeness (QED) is 0.380. The Morgan fingerprint density at radius 3 is 2.45 bits per heavy atom. The average Bonchev–Trinajstić information content (AvgIpc) is 3.14. The topological polar surface area (TPSA) is 67.6 Å². The number of nitrogens with one attached hydrogen (secondary N) is 1. The zero-order chi connectivity index (χ0) is 22.7. The van der Waals surface area contributed by atoms with Crippen LogP contribution >= 0.6 is 11.6 Å². The van der Waals surface area contributed by atoms with Crippen molar-refractivity contribution in [3.63, 3.8) is 0 Å². The van der Waals surface area contributed by atoms with Gasteiger partial charge in [-0.2, -0.15) is 19.6 Å². The van der Waals surface area contributed by atoms with Gasteiger partial charge < -0.3 is 15.0 Å². The van der Waals surface area contributed by atoms with E-state index in [0.717, 1.165) is 25.1 Å². The van der Waals surface area contributed by atoms with Crippen molar-refractivity contribution in [1.29, 1.82) is 0 Å². The molecule has 168 valence electrons. The van der Waals surface area contributed by atoms with Gasteiger partial charge >= 0.3 is 0 Å². The lowest BCUT2D eigenvalue weighted by atomic mass is 10.0. The van der Waals surface area contributed by atoms with Crippen LogP contribution in [0.4, 0.5) is 14.6 Å². The molecule has 0 spiro atoms. The van der Waals surface area contributed by atoms with E-state index in [9.17, 15) is 0 Å². The van der Waals surface area contributed by atoms with Crippen molar-refractivity contribution in [1.82, 2.24) is 24.5 Å². The Hall–Kier alpha value is -2.52. The standard InChI is InChI=1S/C21H27ClF2N6O/c1-12(2)13(3)27-20-18(19(22)28-21-25-11-26-30(20)21)17-15(23)9-14(10-16(17)24)31-8-6-7-29(4)5/h9-13,27H,6-8H2,1-5H3/t13-/m0/s1. The minimum absolute atomic E-state index is 0.0324. The molecule has 0 aliphatic rings. The van der Waals surface area contributed by atoms with Crippen molar-refractivity contribution in [2.24, 2.45) is 5.92 Å². The first-order chi connectivity index (χ1) is 14.7. The van der Waals surface area contributed by atoms with Gasteiger partial charge in [0.2, 0.25) is 0 Å². The predicted molar refractivity (Wildman–Crippen MR) is 118 cm³/mol. The van der Waals surface area contributed by atoms with Crippen LogP contribution in [0.25, 0.3) is 16.9 Å². The maximum Gasteiger partial charge on any atom is 0.255 e. The second-order valence-corrected chi connectivity index (χ2v) is 8.40. The van der Waals surface area contributed by atoms with Gasteiger partial charge in [0.15, 0.2) is 0 Å². The number of hydrogen-bond donors (Lipinski definition) is 1. The molecule has 0 aliphatic carbocycles. The SMILES string of the molecule is CC(C)[C@H](C)Nc1c(-c2c(F)cc(OCCCN(C)C)cc2F)c(Cl)nc2ncnn12. The molecule has 2 aromatic heterocycles. The van der Waals surface area contributed by atoms with E-state index in [4.69, 9.17) is 16.3 Å². The summed E-state index contributed by atoms with van der Waals surface area (Å²) in [7, 11) is 3.90. The predicted octanol–water partition coefficient (Wildman–Crippen LogP) is 4.51. The van der Waals surface area contributed by atoms with Crippen molar-refractivity contribution < 1.29 is 13.5 Å². The fourth-order valence-corrected chi connectivity index (χ4v) is 3.26. The second kappa shape index (κ2) is 9.74. The summed E-state index contributed by atoms with van der Waals surface area (Å²) >= 11 is 6.38. The number of fused-ring (bicyclic) bond motifs is 1. The van der Waals surface area contributed by atoms with Gasteiger partial charge in [0.25, 0.3) is 5.78 Å². The summed E-state index contributed by atoms with van der Waals surface area (Å²) in [5.41, 5.74) is -0.213. The van der Waals surface area contributed by atoms with Gasteiger partial charge in [-0.05, 0) is 33.4 Å². The summed E-state index contributed by atoms with van der Waals surface area (Å²) < 4.78 is 37.2. The molecule has 0 bridgehead atoms. The Bertz CT molecular complexity index is 1030. The van der Waals surface area contributed by atoms with Crippen LogP contribution in [-0.2, 0) is 0 Å². The minimum Gasteiger partial charge on any atom is -0.493 e. The van der Waals surface area contributed by atoms with E-state index in [2.05, 4.69) is 20.4 Å². The molecule has 0 unspecified atom stereocenters. The normalized spacial score (nSPS) is 12.7. The molecule has 0 saturated heterocycles. The number of ether oxygens (including phenoxy) is 1. The van der Waals surface area contributed by atoms with Crippen LogP contribution in [-0.4, -0.2) is 57.8 Å². The summed E-state index contributed by atoms with van der Waals surface area (Å²) in [6.07, 6.45) is 2.04. The van der Waals surface area contributed by atoms with Crippen LogP contribution in [0.3, 0.4) is 0 Å². The summed E-state index contributed by atoms with van der Waals surface area (Å²) in [6.45, 7) is 7.18. The molecular formula is C21H27ClF2N6O. The maximum atomic E-state index is 15.1. The molecule has 0 fully saturated rings. The first-order valence-electron chi connectivity index (χ1n) is 10.1. The lowest BCUT2D eigenvalue weighted by Crippen LogP contribution is -2.24. The van der Waals surface area contributed by atoms with Crippen molar-refractivity contribution in [3.05, 3.63) is 35.2 Å². The Labute approximate surface area is 185 Å². The molecule has 2 heterocycles. The molecule has 31 heavy (non-hydrogen) atoms. The third kappa shape index (κ3) is 5.22. The monoisotopic (exact) mass is 452 g/mol. The zero-order valence-electron chi connectivity index (χ0n) is 18.3. The minimum atomic E-state index is -0.800. The van der Waals surface area contributed by atoms with Crippen molar-refractivity contribution in [2.75, 3.05) is 32.6 Å². The largest absolute Gasteiger partial charge is 0.493 e. The highest BCUT2D eigenvalue weighted by molar-refractivity contribution is 6.33. The highest BCUT2D eigenvalue weighted by Gasteiger charge is 2.25. The Balaban J connectivity index is 2.03. The molecular weight excluding hydrogens is 426 g/mol. The second-order valence-electron chi connectivity index (χ2n) is 8.04. The molecule has 1 atom stereocenters. The van der Waals surface area contributed by atoms with E-state index in [0.29, 0.717) is 12.4 Å². The molecule has 0 saturated carbocycles. The molecule has 0 amide bonds. The number of halogens is 3. The lowest BCUT2D eigenvalue weighted by Gasteiger charge is -2.22. The van der Waals surface area contributed by atoms with Crippen molar-refractivity contribution in [2.45, 2.75) is 33.2 Å². The smallest absolute Gasteiger partial charge is 0.255 e. The van der Waals surface area contributed by atoms with E-state index < -0.39 is 11.6 Å². The molecule has 1 aromatic carbocycles. The third-order valence-corrected chi connectivity index (χ3v) is 5.30. The summed E-state index contributed by atoms with van der Waals surface area (Å²) in [5.74, 6) is -0.684. The fourth-order valence-electron chi connectivity index (χ4n) is 3.00. The van der Waals surface area contributed by atoms with Crippen LogP contribution in [0.1, 0.15) is 27.2 Å². The number of nitrogens with zero attached hydrogens (tertiary/aromatic N) is 5. The van der Waals surface area contributed by atoms with Crippen molar-refractivity contribution in [3.8, 4) is 16.9 Å². The van der Waals surface area contributed by atoms with E-state index in [1.54, 1.807) is 0 Å². The average molecular weight is 453 g/mol. The van der Waals surface area contributed by atoms with E-state index in [1.165, 1.54) is 10.8 Å². The lowest BCUT2D eigenvalue weighted by molar-refractivity contribution is 0.279. The first-order valence-corrected chi connectivity index (χ1v) is 10.5. The van der Waals surface area contributed by atoms with Crippen LogP contribution < -0.4 is 10.1 Å². The number of hydrogen-bond acceptors (Lipinski definition) is 6. The van der Waals surface area contributed by atoms with Crippen molar-refractivity contribution >= 4 is 23.2 Å². The number of benzene rings is 1. The van der Waals surface area contributed by atoms with Gasteiger partial charge in [0.05, 0.1) is 17.7 Å². The van der Waals surface area contributed by atoms with Crippen LogP contribution in [0, 0.1) is 17.6 Å². The number of aromatic nitrogens is 4.